The molecule has 1 saturated heterocycles. The van der Waals surface area contributed by atoms with Crippen LogP contribution in [0.15, 0.2) is 77.4 Å². The Hall–Kier alpha value is -4.11. The van der Waals surface area contributed by atoms with Crippen LogP contribution >= 0.6 is 0 Å². The van der Waals surface area contributed by atoms with Gasteiger partial charge in [-0.15, -0.1) is 0 Å². The minimum Gasteiger partial charge on any atom is -0.496 e. The number of nitrogens with one attached hydrogen (secondary N) is 2. The van der Waals surface area contributed by atoms with Crippen molar-refractivity contribution in [2.75, 3.05) is 26.8 Å². The highest BCUT2D eigenvalue weighted by Crippen LogP contribution is 2.27. The molecule has 3 aromatic rings. The second-order valence-electron chi connectivity index (χ2n) is 8.69. The van der Waals surface area contributed by atoms with Crippen molar-refractivity contribution in [3.8, 4) is 5.75 Å². The Morgan fingerprint density at radius 3 is 2.51 bits per heavy atom. The summed E-state index contributed by atoms with van der Waals surface area (Å²) in [5.41, 5.74) is 1.37. The first-order valence-corrected chi connectivity index (χ1v) is 12.2. The number of hydrogen-bond acceptors (Lipinski definition) is 6. The molecular formula is C28H31N3O6. The van der Waals surface area contributed by atoms with Crippen molar-refractivity contribution in [3.05, 3.63) is 89.9 Å². The van der Waals surface area contributed by atoms with Crippen molar-refractivity contribution in [1.29, 1.82) is 0 Å². The molecule has 0 spiro atoms. The van der Waals surface area contributed by atoms with Gasteiger partial charge in [-0.3, -0.25) is 14.4 Å². The first-order chi connectivity index (χ1) is 18.1. The van der Waals surface area contributed by atoms with Crippen LogP contribution in [0.3, 0.4) is 0 Å². The van der Waals surface area contributed by atoms with E-state index in [9.17, 15) is 14.4 Å². The van der Waals surface area contributed by atoms with Crippen LogP contribution in [-0.2, 0) is 20.9 Å². The van der Waals surface area contributed by atoms with E-state index < -0.39 is 17.9 Å². The Labute approximate surface area is 215 Å². The zero-order valence-corrected chi connectivity index (χ0v) is 20.7. The van der Waals surface area contributed by atoms with Gasteiger partial charge in [0.1, 0.15) is 11.8 Å². The van der Waals surface area contributed by atoms with Crippen LogP contribution in [0.2, 0.25) is 0 Å². The summed E-state index contributed by atoms with van der Waals surface area (Å²) in [5.74, 6) is -0.603. The summed E-state index contributed by atoms with van der Waals surface area (Å²) < 4.78 is 16.3. The predicted octanol–water partition coefficient (Wildman–Crippen LogP) is 3.08. The number of para-hydroxylation sites is 1. The molecule has 194 valence electrons. The maximum atomic E-state index is 13.6. The lowest BCUT2D eigenvalue weighted by atomic mass is 10.0. The number of nitrogens with zero attached hydrogens (tertiary/aromatic N) is 1. The highest BCUT2D eigenvalue weighted by atomic mass is 16.5. The molecule has 2 heterocycles. The fourth-order valence-electron chi connectivity index (χ4n) is 4.32. The lowest BCUT2D eigenvalue weighted by Gasteiger charge is -2.32. The van der Waals surface area contributed by atoms with Gasteiger partial charge in [-0.1, -0.05) is 48.5 Å². The molecule has 3 amide bonds. The molecule has 1 aliphatic heterocycles. The minimum atomic E-state index is -0.944. The largest absolute Gasteiger partial charge is 0.496 e. The summed E-state index contributed by atoms with van der Waals surface area (Å²) >= 11 is 0. The van der Waals surface area contributed by atoms with E-state index in [0.717, 1.165) is 18.4 Å². The van der Waals surface area contributed by atoms with Crippen molar-refractivity contribution in [2.24, 2.45) is 0 Å². The molecule has 4 rings (SSSR count). The van der Waals surface area contributed by atoms with Crippen molar-refractivity contribution >= 4 is 17.7 Å². The number of hydrogen-bond donors (Lipinski definition) is 2. The lowest BCUT2D eigenvalue weighted by Crippen LogP contribution is -2.48. The van der Waals surface area contributed by atoms with Crippen molar-refractivity contribution in [1.82, 2.24) is 15.5 Å². The average molecular weight is 506 g/mol. The van der Waals surface area contributed by atoms with Gasteiger partial charge in [0, 0.05) is 18.7 Å². The molecule has 37 heavy (non-hydrogen) atoms. The van der Waals surface area contributed by atoms with Crippen LogP contribution < -0.4 is 15.4 Å². The van der Waals surface area contributed by atoms with Crippen LogP contribution in [0.1, 0.15) is 40.6 Å². The summed E-state index contributed by atoms with van der Waals surface area (Å²) in [6, 6.07) is 18.6. The van der Waals surface area contributed by atoms with Gasteiger partial charge in [-0.05, 0) is 36.6 Å². The normalized spacial score (nSPS) is 15.5. The van der Waals surface area contributed by atoms with Crippen molar-refractivity contribution in [3.63, 3.8) is 0 Å². The summed E-state index contributed by atoms with van der Waals surface area (Å²) in [5, 5.41) is 5.56. The SMILES string of the molecule is COc1ccccc1CN(C(=O)CNC(=O)c1ccco1)[C@H](C(=O)NC[C@@H]1CCCO1)c1ccccc1. The quantitative estimate of drug-likeness (QED) is 0.415. The number of methoxy groups -OCH3 is 1. The third kappa shape index (κ3) is 6.77. The second-order valence-corrected chi connectivity index (χ2v) is 8.69. The molecule has 0 aliphatic carbocycles. The van der Waals surface area contributed by atoms with E-state index in [1.807, 2.05) is 36.4 Å². The standard InChI is InChI=1S/C28H31N3O6/c1-35-23-13-6-5-11-21(23)19-31(25(32)18-30-27(33)24-14-8-16-37-24)26(20-9-3-2-4-10-20)28(34)29-17-22-12-7-15-36-22/h2-6,8-11,13-14,16,22,26H,7,12,15,17-19H2,1H3,(H,29,34)(H,30,33)/t22-,26-/m0/s1. The van der Waals surface area contributed by atoms with Crippen LogP contribution in [0, 0.1) is 0 Å². The molecule has 9 heteroatoms. The molecule has 1 aliphatic rings. The highest BCUT2D eigenvalue weighted by molar-refractivity contribution is 5.95. The Morgan fingerprint density at radius 1 is 1.03 bits per heavy atom. The van der Waals surface area contributed by atoms with Crippen molar-refractivity contribution in [2.45, 2.75) is 31.5 Å². The molecule has 2 N–H and O–H groups in total. The summed E-state index contributed by atoms with van der Waals surface area (Å²) in [7, 11) is 1.55. The van der Waals surface area contributed by atoms with Gasteiger partial charge in [-0.2, -0.15) is 0 Å². The van der Waals surface area contributed by atoms with E-state index in [-0.39, 0.29) is 30.9 Å². The predicted molar refractivity (Wildman–Crippen MR) is 136 cm³/mol. The Kier molecular flexibility index (Phi) is 8.93. The fraction of sp³-hybridized carbons (Fsp3) is 0.321. The summed E-state index contributed by atoms with van der Waals surface area (Å²) in [4.78, 5) is 41.1. The average Bonchev–Trinajstić information content (AvgIpc) is 3.66. The Morgan fingerprint density at radius 2 is 1.81 bits per heavy atom. The Balaban J connectivity index is 1.62. The zero-order chi connectivity index (χ0) is 26.0. The number of benzene rings is 2. The topological polar surface area (TPSA) is 110 Å². The molecule has 0 saturated carbocycles. The molecule has 0 unspecified atom stereocenters. The van der Waals surface area contributed by atoms with Gasteiger partial charge in [0.15, 0.2) is 5.76 Å². The summed E-state index contributed by atoms with van der Waals surface area (Å²) in [6.45, 7) is 0.800. The van der Waals surface area contributed by atoms with E-state index in [1.54, 1.807) is 31.4 Å². The third-order valence-electron chi connectivity index (χ3n) is 6.20. The molecule has 0 bridgehead atoms. The smallest absolute Gasteiger partial charge is 0.287 e. The van der Waals surface area contributed by atoms with Crippen LogP contribution in [0.25, 0.3) is 0 Å². The van der Waals surface area contributed by atoms with Crippen LogP contribution in [0.5, 0.6) is 5.75 Å². The number of ether oxygens (including phenoxy) is 2. The zero-order valence-electron chi connectivity index (χ0n) is 20.7. The lowest BCUT2D eigenvalue weighted by molar-refractivity contribution is -0.141. The van der Waals surface area contributed by atoms with Gasteiger partial charge < -0.3 is 29.4 Å². The van der Waals surface area contributed by atoms with E-state index in [2.05, 4.69) is 10.6 Å². The summed E-state index contributed by atoms with van der Waals surface area (Å²) in [6.07, 6.45) is 3.16. The van der Waals surface area contributed by atoms with Crippen molar-refractivity contribution < 1.29 is 28.3 Å². The van der Waals surface area contributed by atoms with Gasteiger partial charge in [0.2, 0.25) is 11.8 Å². The highest BCUT2D eigenvalue weighted by Gasteiger charge is 2.33. The fourth-order valence-corrected chi connectivity index (χ4v) is 4.32. The maximum absolute atomic E-state index is 13.6. The first-order valence-electron chi connectivity index (χ1n) is 12.2. The number of carbonyl (C=O) groups is 3. The molecular weight excluding hydrogens is 474 g/mol. The first kappa shape index (κ1) is 26.0. The number of rotatable bonds is 11. The Bertz CT molecular complexity index is 1180. The van der Waals surface area contributed by atoms with Crippen LogP contribution in [0.4, 0.5) is 0 Å². The van der Waals surface area contributed by atoms with Gasteiger partial charge in [-0.25, -0.2) is 0 Å². The molecule has 1 aromatic heterocycles. The molecule has 9 nitrogen and oxygen atoms in total. The third-order valence-corrected chi connectivity index (χ3v) is 6.20. The number of amides is 3. The van der Waals surface area contributed by atoms with Crippen LogP contribution in [-0.4, -0.2) is 55.5 Å². The molecule has 1 fully saturated rings. The second kappa shape index (κ2) is 12.7. The molecule has 2 aromatic carbocycles. The van der Waals surface area contributed by atoms with E-state index in [0.29, 0.717) is 24.5 Å². The van der Waals surface area contributed by atoms with Gasteiger partial charge in [0.05, 0.1) is 32.6 Å². The number of furan rings is 1. The minimum absolute atomic E-state index is 0.0497. The van der Waals surface area contributed by atoms with Gasteiger partial charge in [0.25, 0.3) is 5.91 Å². The molecule has 0 radical (unpaired) electrons. The van der Waals surface area contributed by atoms with E-state index in [1.165, 1.54) is 17.2 Å². The van der Waals surface area contributed by atoms with Gasteiger partial charge >= 0.3 is 0 Å². The maximum Gasteiger partial charge on any atom is 0.287 e. The molecule has 2 atom stereocenters. The monoisotopic (exact) mass is 505 g/mol. The van der Waals surface area contributed by atoms with E-state index >= 15 is 0 Å². The van der Waals surface area contributed by atoms with E-state index in [4.69, 9.17) is 13.9 Å². The number of carbonyl (C=O) groups excluding carboxylic acids is 3.